The van der Waals surface area contributed by atoms with Crippen LogP contribution in [0.1, 0.15) is 30.6 Å². The fourth-order valence-electron chi connectivity index (χ4n) is 1.37. The largest absolute Gasteiger partial charge is 0.477 e. The predicted molar refractivity (Wildman–Crippen MR) is 63.4 cm³/mol. The highest BCUT2D eigenvalue weighted by molar-refractivity contribution is 5.86. The third-order valence-corrected chi connectivity index (χ3v) is 2.76. The fourth-order valence-corrected chi connectivity index (χ4v) is 1.37. The lowest BCUT2D eigenvalue weighted by Crippen LogP contribution is -2.30. The summed E-state index contributed by atoms with van der Waals surface area (Å²) >= 11 is 0. The first kappa shape index (κ1) is 13.4. The van der Waals surface area contributed by atoms with Crippen LogP contribution < -0.4 is 5.56 Å². The SMILES string of the molecule is COC(C)(C)CCn1cccc(C(=O)O)c1=O. The predicted octanol–water partition coefficient (Wildman–Crippen LogP) is 1.36. The van der Waals surface area contributed by atoms with Gasteiger partial charge >= 0.3 is 5.97 Å². The van der Waals surface area contributed by atoms with E-state index in [2.05, 4.69) is 0 Å². The topological polar surface area (TPSA) is 68.5 Å². The van der Waals surface area contributed by atoms with Crippen LogP contribution in [-0.4, -0.2) is 28.4 Å². The molecule has 0 amide bonds. The van der Waals surface area contributed by atoms with Gasteiger partial charge in [-0.2, -0.15) is 0 Å². The zero-order valence-corrected chi connectivity index (χ0v) is 10.3. The van der Waals surface area contributed by atoms with E-state index in [0.29, 0.717) is 13.0 Å². The minimum absolute atomic E-state index is 0.206. The standard InChI is InChI=1S/C12H17NO4/c1-12(2,17-3)6-8-13-7-4-5-9(10(13)14)11(15)16/h4-5,7H,6,8H2,1-3H3,(H,15,16). The molecule has 94 valence electrons. The minimum Gasteiger partial charge on any atom is -0.477 e. The summed E-state index contributed by atoms with van der Waals surface area (Å²) < 4.78 is 6.64. The Hall–Kier alpha value is -1.62. The van der Waals surface area contributed by atoms with E-state index in [1.165, 1.54) is 10.6 Å². The van der Waals surface area contributed by atoms with Gasteiger partial charge in [-0.1, -0.05) is 0 Å². The molecule has 0 spiro atoms. The Morgan fingerprint density at radius 2 is 2.18 bits per heavy atom. The molecule has 0 radical (unpaired) electrons. The quantitative estimate of drug-likeness (QED) is 0.842. The molecule has 1 aromatic rings. The van der Waals surface area contributed by atoms with Crippen LogP contribution in [0.5, 0.6) is 0 Å². The Bertz CT molecular complexity index is 462. The molecule has 0 bridgehead atoms. The van der Waals surface area contributed by atoms with Gasteiger partial charge in [0.25, 0.3) is 5.56 Å². The van der Waals surface area contributed by atoms with Gasteiger partial charge in [0.1, 0.15) is 5.56 Å². The fraction of sp³-hybridized carbons (Fsp3) is 0.500. The molecule has 0 atom stereocenters. The van der Waals surface area contributed by atoms with Gasteiger partial charge in [0.05, 0.1) is 5.60 Å². The molecule has 1 aromatic heterocycles. The lowest BCUT2D eigenvalue weighted by Gasteiger charge is -2.23. The third-order valence-electron chi connectivity index (χ3n) is 2.76. The number of methoxy groups -OCH3 is 1. The summed E-state index contributed by atoms with van der Waals surface area (Å²) in [5, 5.41) is 8.83. The molecule has 5 nitrogen and oxygen atoms in total. The second-order valence-corrected chi connectivity index (χ2v) is 4.44. The number of ether oxygens (including phenoxy) is 1. The van der Waals surface area contributed by atoms with Crippen molar-refractivity contribution in [2.24, 2.45) is 0 Å². The molecule has 1 rings (SSSR count). The average Bonchev–Trinajstić information content (AvgIpc) is 2.27. The summed E-state index contributed by atoms with van der Waals surface area (Å²) in [7, 11) is 1.61. The summed E-state index contributed by atoms with van der Waals surface area (Å²) in [6.45, 7) is 4.26. The normalized spacial score (nSPS) is 11.5. The number of nitrogens with zero attached hydrogens (tertiary/aromatic N) is 1. The van der Waals surface area contributed by atoms with Gasteiger partial charge < -0.3 is 14.4 Å². The molecular weight excluding hydrogens is 222 g/mol. The van der Waals surface area contributed by atoms with Gasteiger partial charge in [-0.15, -0.1) is 0 Å². The maximum Gasteiger partial charge on any atom is 0.341 e. The number of aromatic carboxylic acids is 1. The first-order chi connectivity index (χ1) is 7.87. The Kier molecular flexibility index (Phi) is 4.07. The summed E-state index contributed by atoms with van der Waals surface area (Å²) in [5.41, 5.74) is -1.02. The van der Waals surface area contributed by atoms with Crippen LogP contribution in [0.4, 0.5) is 0 Å². The summed E-state index contributed by atoms with van der Waals surface area (Å²) in [4.78, 5) is 22.6. The average molecular weight is 239 g/mol. The first-order valence-electron chi connectivity index (χ1n) is 5.35. The summed E-state index contributed by atoms with van der Waals surface area (Å²) in [6, 6.07) is 2.87. The van der Waals surface area contributed by atoms with Crippen molar-refractivity contribution in [3.8, 4) is 0 Å². The van der Waals surface area contributed by atoms with Crippen molar-refractivity contribution in [2.75, 3.05) is 7.11 Å². The van der Waals surface area contributed by atoms with Gasteiger partial charge in [0.2, 0.25) is 0 Å². The minimum atomic E-state index is -1.20. The van der Waals surface area contributed by atoms with Crippen LogP contribution in [0.25, 0.3) is 0 Å². The number of rotatable bonds is 5. The molecule has 0 saturated carbocycles. The van der Waals surface area contributed by atoms with Gasteiger partial charge in [-0.05, 0) is 32.4 Å². The van der Waals surface area contributed by atoms with Crippen molar-refractivity contribution in [1.82, 2.24) is 4.57 Å². The van der Waals surface area contributed by atoms with Crippen LogP contribution in [0.15, 0.2) is 23.1 Å². The van der Waals surface area contributed by atoms with E-state index in [1.807, 2.05) is 13.8 Å². The summed E-state index contributed by atoms with van der Waals surface area (Å²) in [6.07, 6.45) is 2.22. The molecule has 17 heavy (non-hydrogen) atoms. The molecule has 1 heterocycles. The van der Waals surface area contributed by atoms with Gasteiger partial charge in [-0.25, -0.2) is 4.79 Å². The lowest BCUT2D eigenvalue weighted by molar-refractivity contribution is 0.0118. The van der Waals surface area contributed by atoms with Gasteiger partial charge in [0, 0.05) is 19.9 Å². The highest BCUT2D eigenvalue weighted by Gasteiger charge is 2.17. The van der Waals surface area contributed by atoms with Crippen LogP contribution in [0, 0.1) is 0 Å². The van der Waals surface area contributed by atoms with Crippen molar-refractivity contribution in [1.29, 1.82) is 0 Å². The number of carbonyl (C=O) groups is 1. The van der Waals surface area contributed by atoms with Crippen LogP contribution in [-0.2, 0) is 11.3 Å². The second-order valence-electron chi connectivity index (χ2n) is 4.44. The number of hydrogen-bond donors (Lipinski definition) is 1. The van der Waals surface area contributed by atoms with Crippen molar-refractivity contribution in [2.45, 2.75) is 32.4 Å². The van der Waals surface area contributed by atoms with E-state index in [4.69, 9.17) is 9.84 Å². The maximum absolute atomic E-state index is 11.8. The molecule has 0 aromatic carbocycles. The molecule has 5 heteroatoms. The molecule has 0 aliphatic heterocycles. The zero-order chi connectivity index (χ0) is 13.1. The van der Waals surface area contributed by atoms with E-state index in [-0.39, 0.29) is 11.2 Å². The van der Waals surface area contributed by atoms with Crippen LogP contribution >= 0.6 is 0 Å². The first-order valence-corrected chi connectivity index (χ1v) is 5.35. The second kappa shape index (κ2) is 5.14. The van der Waals surface area contributed by atoms with Crippen molar-refractivity contribution >= 4 is 5.97 Å². The van der Waals surface area contributed by atoms with Crippen molar-refractivity contribution < 1.29 is 14.6 Å². The molecule has 0 saturated heterocycles. The Morgan fingerprint density at radius 1 is 1.53 bits per heavy atom. The van der Waals surface area contributed by atoms with Crippen LogP contribution in [0.2, 0.25) is 0 Å². The lowest BCUT2D eigenvalue weighted by atomic mass is 10.1. The van der Waals surface area contributed by atoms with E-state index in [1.54, 1.807) is 19.4 Å². The number of hydrogen-bond acceptors (Lipinski definition) is 3. The van der Waals surface area contributed by atoms with Gasteiger partial charge in [-0.3, -0.25) is 4.79 Å². The monoisotopic (exact) mass is 239 g/mol. The number of aromatic nitrogens is 1. The Labute approximate surface area is 99.6 Å². The number of pyridine rings is 1. The number of carboxylic acid groups (broad SMARTS) is 1. The number of carboxylic acids is 1. The molecular formula is C12H17NO4. The zero-order valence-electron chi connectivity index (χ0n) is 10.3. The van der Waals surface area contributed by atoms with Crippen molar-refractivity contribution in [3.63, 3.8) is 0 Å². The maximum atomic E-state index is 11.8. The highest BCUT2D eigenvalue weighted by Crippen LogP contribution is 2.13. The molecule has 1 N–H and O–H groups in total. The van der Waals surface area contributed by atoms with E-state index in [0.717, 1.165) is 0 Å². The molecule has 0 aliphatic carbocycles. The Balaban J connectivity index is 2.90. The third kappa shape index (κ3) is 3.42. The van der Waals surface area contributed by atoms with Gasteiger partial charge in [0.15, 0.2) is 0 Å². The molecule has 0 aliphatic rings. The molecule has 0 unspecified atom stereocenters. The number of aryl methyl sites for hydroxylation is 1. The van der Waals surface area contributed by atoms with E-state index < -0.39 is 11.5 Å². The Morgan fingerprint density at radius 3 is 2.71 bits per heavy atom. The van der Waals surface area contributed by atoms with E-state index >= 15 is 0 Å². The smallest absolute Gasteiger partial charge is 0.341 e. The highest BCUT2D eigenvalue weighted by atomic mass is 16.5. The van der Waals surface area contributed by atoms with Crippen molar-refractivity contribution in [3.05, 3.63) is 34.2 Å². The summed E-state index contributed by atoms with van der Waals surface area (Å²) in [5.74, 6) is -1.20. The molecule has 0 fully saturated rings. The van der Waals surface area contributed by atoms with Crippen LogP contribution in [0.3, 0.4) is 0 Å². The van der Waals surface area contributed by atoms with E-state index in [9.17, 15) is 9.59 Å².